The number of hydrogen-bond acceptors (Lipinski definition) is 5. The number of nitrogens with zero attached hydrogens (tertiary/aromatic N) is 1. The van der Waals surface area contributed by atoms with E-state index < -0.39 is 15.4 Å². The van der Waals surface area contributed by atoms with Crippen molar-refractivity contribution in [2.45, 2.75) is 70.9 Å². The highest BCUT2D eigenvalue weighted by Gasteiger charge is 2.25. The maximum absolute atomic E-state index is 12.7. The molecular weight excluding hydrogens is 380 g/mol. The van der Waals surface area contributed by atoms with E-state index in [0.29, 0.717) is 13.1 Å². The molecule has 0 bridgehead atoms. The molecule has 2 rings (SSSR count). The summed E-state index contributed by atoms with van der Waals surface area (Å²) in [4.78, 5) is 14.5. The molecule has 0 aromatic heterocycles. The Labute approximate surface area is 168 Å². The van der Waals surface area contributed by atoms with Gasteiger partial charge in [-0.15, -0.1) is 0 Å². The maximum atomic E-state index is 12.7. The second-order valence-corrected chi connectivity index (χ2v) is 10.6. The molecule has 1 heterocycles. The molecule has 1 aromatic rings. The molecule has 1 N–H and O–H groups in total. The first-order valence-electron chi connectivity index (χ1n) is 9.67. The van der Waals surface area contributed by atoms with E-state index in [2.05, 4.69) is 5.32 Å². The summed E-state index contributed by atoms with van der Waals surface area (Å²) in [6.45, 7) is 10.6. The largest absolute Gasteiger partial charge is 0.382 e. The van der Waals surface area contributed by atoms with E-state index in [-0.39, 0.29) is 23.4 Å². The molecule has 0 saturated carbocycles. The third-order valence-corrected chi connectivity index (χ3v) is 5.88. The Balaban J connectivity index is 2.08. The third kappa shape index (κ3) is 6.98. The zero-order valence-corrected chi connectivity index (χ0v) is 18.2. The van der Waals surface area contributed by atoms with Crippen LogP contribution in [0.5, 0.6) is 5.75 Å². The highest BCUT2D eigenvalue weighted by molar-refractivity contribution is 7.87. The number of ether oxygens (including phenoxy) is 1. The molecule has 158 valence electrons. The van der Waals surface area contributed by atoms with E-state index in [1.165, 1.54) is 0 Å². The van der Waals surface area contributed by atoms with Gasteiger partial charge < -0.3 is 19.1 Å². The lowest BCUT2D eigenvalue weighted by Crippen LogP contribution is -2.50. The molecule has 28 heavy (non-hydrogen) atoms. The van der Waals surface area contributed by atoms with Crippen molar-refractivity contribution in [3.63, 3.8) is 0 Å². The van der Waals surface area contributed by atoms with Gasteiger partial charge in [-0.2, -0.15) is 8.42 Å². The molecule has 2 amide bonds. The first-order valence-corrected chi connectivity index (χ1v) is 11.1. The van der Waals surface area contributed by atoms with Gasteiger partial charge in [-0.3, -0.25) is 0 Å². The van der Waals surface area contributed by atoms with Crippen LogP contribution in [0.1, 0.15) is 53.0 Å². The number of amides is 2. The lowest BCUT2D eigenvalue weighted by atomic mass is 10.1. The smallest absolute Gasteiger partial charge is 0.318 e. The summed E-state index contributed by atoms with van der Waals surface area (Å²) in [7, 11) is -3.63. The van der Waals surface area contributed by atoms with E-state index in [0.717, 1.165) is 25.0 Å². The SMILES string of the molecule is CC(C)S(=O)(=O)Oc1ccc(CN(C[C@@H]2CCCO2)C(=O)NC(C)(C)C)cc1. The number of rotatable bonds is 7. The highest BCUT2D eigenvalue weighted by Crippen LogP contribution is 2.19. The molecule has 1 atom stereocenters. The Morgan fingerprint density at radius 2 is 1.93 bits per heavy atom. The van der Waals surface area contributed by atoms with Crippen molar-refractivity contribution in [2.75, 3.05) is 13.2 Å². The number of benzene rings is 1. The van der Waals surface area contributed by atoms with E-state index in [4.69, 9.17) is 8.92 Å². The minimum atomic E-state index is -3.63. The van der Waals surface area contributed by atoms with Gasteiger partial charge in [0.1, 0.15) is 5.75 Å². The van der Waals surface area contributed by atoms with Gasteiger partial charge in [-0.25, -0.2) is 4.79 Å². The summed E-state index contributed by atoms with van der Waals surface area (Å²) in [5, 5.41) is 2.38. The molecule has 7 nitrogen and oxygen atoms in total. The highest BCUT2D eigenvalue weighted by atomic mass is 32.2. The topological polar surface area (TPSA) is 84.9 Å². The first kappa shape index (κ1) is 22.5. The molecular formula is C20H32N2O5S. The predicted octanol–water partition coefficient (Wildman–Crippen LogP) is 3.29. The average Bonchev–Trinajstić information content (AvgIpc) is 3.07. The lowest BCUT2D eigenvalue weighted by Gasteiger charge is -2.30. The van der Waals surface area contributed by atoms with Crippen LogP contribution in [0.4, 0.5) is 4.79 Å². The molecule has 1 aliphatic rings. The van der Waals surface area contributed by atoms with Gasteiger partial charge in [-0.05, 0) is 65.2 Å². The normalized spacial score (nSPS) is 17.6. The Kier molecular flexibility index (Phi) is 7.33. The monoisotopic (exact) mass is 412 g/mol. The Morgan fingerprint density at radius 3 is 2.43 bits per heavy atom. The quantitative estimate of drug-likeness (QED) is 0.695. The van der Waals surface area contributed by atoms with Crippen LogP contribution >= 0.6 is 0 Å². The number of urea groups is 1. The summed E-state index contributed by atoms with van der Waals surface area (Å²) in [6, 6.07) is 6.63. The predicted molar refractivity (Wildman–Crippen MR) is 109 cm³/mol. The van der Waals surface area contributed by atoms with Gasteiger partial charge in [0, 0.05) is 25.2 Å². The van der Waals surface area contributed by atoms with Crippen LogP contribution < -0.4 is 9.50 Å². The molecule has 0 spiro atoms. The van der Waals surface area contributed by atoms with Crippen molar-refractivity contribution in [3.8, 4) is 5.75 Å². The van der Waals surface area contributed by atoms with Crippen LogP contribution in [0.15, 0.2) is 24.3 Å². The fourth-order valence-corrected chi connectivity index (χ4v) is 3.33. The van der Waals surface area contributed by atoms with Crippen LogP contribution in [-0.4, -0.2) is 49.4 Å². The molecule has 1 saturated heterocycles. The fraction of sp³-hybridized carbons (Fsp3) is 0.650. The van der Waals surface area contributed by atoms with Crippen LogP contribution in [0.2, 0.25) is 0 Å². The fourth-order valence-electron chi connectivity index (χ4n) is 2.75. The summed E-state index contributed by atoms with van der Waals surface area (Å²) >= 11 is 0. The van der Waals surface area contributed by atoms with Crippen molar-refractivity contribution < 1.29 is 22.1 Å². The maximum Gasteiger partial charge on any atom is 0.318 e. The molecule has 1 fully saturated rings. The van der Waals surface area contributed by atoms with E-state index >= 15 is 0 Å². The van der Waals surface area contributed by atoms with Crippen LogP contribution in [-0.2, 0) is 21.4 Å². The van der Waals surface area contributed by atoms with E-state index in [9.17, 15) is 13.2 Å². The Morgan fingerprint density at radius 1 is 1.29 bits per heavy atom. The number of carbonyl (C=O) groups is 1. The number of nitrogens with one attached hydrogen (secondary N) is 1. The summed E-state index contributed by atoms with van der Waals surface area (Å²) in [5.74, 6) is 0.266. The third-order valence-electron chi connectivity index (χ3n) is 4.30. The first-order chi connectivity index (χ1) is 13.0. The van der Waals surface area contributed by atoms with Crippen molar-refractivity contribution >= 4 is 16.1 Å². The zero-order chi connectivity index (χ0) is 20.9. The van der Waals surface area contributed by atoms with Crippen LogP contribution in [0.25, 0.3) is 0 Å². The minimum Gasteiger partial charge on any atom is -0.382 e. The van der Waals surface area contributed by atoms with Gasteiger partial charge >= 0.3 is 16.1 Å². The standard InChI is InChI=1S/C20H32N2O5S/c1-15(2)28(24,25)27-17-10-8-16(9-11-17)13-22(14-18-7-6-12-26-18)19(23)21-20(3,4)5/h8-11,15,18H,6-7,12-14H2,1-5H3,(H,21,23)/t18-/m0/s1. The summed E-state index contributed by atoms with van der Waals surface area (Å²) in [5.41, 5.74) is 0.547. The summed E-state index contributed by atoms with van der Waals surface area (Å²) in [6.07, 6.45) is 2.00. The minimum absolute atomic E-state index is 0.0458. The van der Waals surface area contributed by atoms with Crippen molar-refractivity contribution in [1.29, 1.82) is 0 Å². The van der Waals surface area contributed by atoms with Gasteiger partial charge in [-0.1, -0.05) is 12.1 Å². The zero-order valence-electron chi connectivity index (χ0n) is 17.4. The Hall–Kier alpha value is -1.80. The second-order valence-electron chi connectivity index (χ2n) is 8.46. The van der Waals surface area contributed by atoms with Gasteiger partial charge in [0.25, 0.3) is 0 Å². The van der Waals surface area contributed by atoms with Crippen molar-refractivity contribution in [2.24, 2.45) is 0 Å². The lowest BCUT2D eigenvalue weighted by molar-refractivity contribution is 0.0782. The Bertz CT molecular complexity index is 748. The van der Waals surface area contributed by atoms with E-state index in [1.54, 1.807) is 43.0 Å². The molecule has 8 heteroatoms. The van der Waals surface area contributed by atoms with Crippen molar-refractivity contribution in [3.05, 3.63) is 29.8 Å². The van der Waals surface area contributed by atoms with Crippen molar-refractivity contribution in [1.82, 2.24) is 10.2 Å². The van der Waals surface area contributed by atoms with E-state index in [1.807, 2.05) is 20.8 Å². The second kappa shape index (κ2) is 9.13. The number of carbonyl (C=O) groups excluding carboxylic acids is 1. The van der Waals surface area contributed by atoms with Gasteiger partial charge in [0.2, 0.25) is 0 Å². The van der Waals surface area contributed by atoms with Crippen LogP contribution in [0.3, 0.4) is 0 Å². The molecule has 0 radical (unpaired) electrons. The van der Waals surface area contributed by atoms with Crippen LogP contribution in [0, 0.1) is 0 Å². The molecule has 0 unspecified atom stereocenters. The summed E-state index contributed by atoms with van der Waals surface area (Å²) < 4.78 is 34.6. The van der Waals surface area contributed by atoms with Gasteiger partial charge in [0.05, 0.1) is 11.4 Å². The molecule has 0 aliphatic carbocycles. The molecule has 1 aromatic carbocycles. The van der Waals surface area contributed by atoms with Gasteiger partial charge in [0.15, 0.2) is 0 Å². The molecule has 1 aliphatic heterocycles. The average molecular weight is 413 g/mol. The number of hydrogen-bond donors (Lipinski definition) is 1.